The van der Waals surface area contributed by atoms with Gasteiger partial charge >= 0.3 is 11.9 Å². The highest BCUT2D eigenvalue weighted by Gasteiger charge is 2.35. The Balaban J connectivity index is 4.69. The summed E-state index contributed by atoms with van der Waals surface area (Å²) in [6.07, 6.45) is 30.0. The van der Waals surface area contributed by atoms with Gasteiger partial charge in [0.15, 0.2) is 0 Å². The van der Waals surface area contributed by atoms with E-state index < -0.39 is 0 Å². The molecule has 0 spiro atoms. The van der Waals surface area contributed by atoms with Crippen LogP contribution >= 0.6 is 0 Å². The van der Waals surface area contributed by atoms with Crippen molar-refractivity contribution in [1.82, 2.24) is 0 Å². The molecule has 0 aliphatic rings. The van der Waals surface area contributed by atoms with Crippen molar-refractivity contribution in [2.45, 2.75) is 246 Å². The number of carbonyl (C=O) groups is 2. The molecule has 0 aromatic heterocycles. The highest BCUT2D eigenvalue weighted by Crippen LogP contribution is 2.36. The first-order chi connectivity index (χ1) is 22.2. The van der Waals surface area contributed by atoms with E-state index in [0.717, 1.165) is 89.9 Å². The van der Waals surface area contributed by atoms with E-state index in [-0.39, 0.29) is 23.1 Å². The molecule has 0 amide bonds. The minimum Gasteiger partial charge on any atom is -0.459 e. The minimum absolute atomic E-state index is 0.00443. The molecular formula is C42H82O4. The fourth-order valence-corrected chi connectivity index (χ4v) is 7.34. The molecule has 0 rings (SSSR count). The van der Waals surface area contributed by atoms with E-state index >= 15 is 0 Å². The van der Waals surface area contributed by atoms with Crippen LogP contribution in [0, 0.1) is 11.8 Å². The number of esters is 2. The molecule has 4 heteroatoms. The monoisotopic (exact) mass is 651 g/mol. The lowest BCUT2D eigenvalue weighted by Gasteiger charge is -2.36. The highest BCUT2D eigenvalue weighted by molar-refractivity contribution is 5.70. The maximum Gasteiger partial charge on any atom is 0.306 e. The number of rotatable bonds is 33. The molecule has 0 aliphatic heterocycles. The molecule has 0 aromatic rings. The van der Waals surface area contributed by atoms with Crippen molar-refractivity contribution in [3.8, 4) is 0 Å². The molecule has 0 fully saturated rings. The van der Waals surface area contributed by atoms with E-state index in [1.807, 2.05) is 0 Å². The van der Waals surface area contributed by atoms with Crippen molar-refractivity contribution in [3.05, 3.63) is 0 Å². The molecule has 0 N–H and O–H groups in total. The summed E-state index contributed by atoms with van der Waals surface area (Å²) < 4.78 is 12.7. The molecule has 46 heavy (non-hydrogen) atoms. The van der Waals surface area contributed by atoms with Gasteiger partial charge in [0, 0.05) is 12.8 Å². The van der Waals surface area contributed by atoms with E-state index in [9.17, 15) is 9.59 Å². The second-order valence-electron chi connectivity index (χ2n) is 14.8. The van der Waals surface area contributed by atoms with Gasteiger partial charge in [-0.1, -0.05) is 158 Å². The zero-order valence-electron chi connectivity index (χ0n) is 32.6. The zero-order valence-corrected chi connectivity index (χ0v) is 32.6. The lowest BCUT2D eigenvalue weighted by Crippen LogP contribution is -2.37. The quantitative estimate of drug-likeness (QED) is 0.0524. The lowest BCUT2D eigenvalue weighted by atomic mass is 9.81. The van der Waals surface area contributed by atoms with Crippen molar-refractivity contribution in [3.63, 3.8) is 0 Å². The van der Waals surface area contributed by atoms with Gasteiger partial charge in [0.25, 0.3) is 0 Å². The summed E-state index contributed by atoms with van der Waals surface area (Å²) in [5.41, 5.74) is -0.568. The molecule has 274 valence electrons. The predicted molar refractivity (Wildman–Crippen MR) is 199 cm³/mol. The first kappa shape index (κ1) is 44.9. The van der Waals surface area contributed by atoms with Gasteiger partial charge < -0.3 is 9.47 Å². The van der Waals surface area contributed by atoms with Crippen LogP contribution in [-0.2, 0) is 19.1 Å². The first-order valence-corrected chi connectivity index (χ1v) is 20.7. The molecule has 0 saturated carbocycles. The van der Waals surface area contributed by atoms with Crippen LogP contribution in [-0.4, -0.2) is 23.1 Å². The molecule has 0 bridgehead atoms. The maximum atomic E-state index is 13.0. The van der Waals surface area contributed by atoms with Gasteiger partial charge in [0.05, 0.1) is 0 Å². The standard InChI is InChI=1S/C42H82O4/c1-9-17-27-33-41(15-7,35-37(13-5)29-19-11-3)45-39(43)31-25-23-21-22-24-26-32-40(44)46-42(16-8,34-28-18-10-2)36-38(14-6)30-20-12-4/h37-38H,9-36H2,1-8H3. The molecule has 0 saturated heterocycles. The average Bonchev–Trinajstić information content (AvgIpc) is 3.05. The summed E-state index contributed by atoms with van der Waals surface area (Å²) in [6.45, 7) is 18.0. The Morgan fingerprint density at radius 3 is 1.11 bits per heavy atom. The van der Waals surface area contributed by atoms with Crippen molar-refractivity contribution in [1.29, 1.82) is 0 Å². The van der Waals surface area contributed by atoms with Crippen LogP contribution in [0.3, 0.4) is 0 Å². The summed E-state index contributed by atoms with van der Waals surface area (Å²) >= 11 is 0. The normalized spacial score (nSPS) is 15.6. The summed E-state index contributed by atoms with van der Waals surface area (Å²) in [5, 5.41) is 0. The predicted octanol–water partition coefficient (Wildman–Crippen LogP) is 13.9. The molecule has 4 atom stereocenters. The van der Waals surface area contributed by atoms with Crippen LogP contribution in [0.15, 0.2) is 0 Å². The Morgan fingerprint density at radius 2 is 0.804 bits per heavy atom. The summed E-state index contributed by atoms with van der Waals surface area (Å²) in [4.78, 5) is 26.1. The third-order valence-corrected chi connectivity index (χ3v) is 10.8. The van der Waals surface area contributed by atoms with Gasteiger partial charge in [-0.05, 0) is 76.0 Å². The van der Waals surface area contributed by atoms with Crippen LogP contribution in [0.1, 0.15) is 235 Å². The van der Waals surface area contributed by atoms with Gasteiger partial charge in [-0.2, -0.15) is 0 Å². The first-order valence-electron chi connectivity index (χ1n) is 20.7. The summed E-state index contributed by atoms with van der Waals surface area (Å²) in [6, 6.07) is 0. The van der Waals surface area contributed by atoms with E-state index in [2.05, 4.69) is 55.4 Å². The molecule has 0 heterocycles. The summed E-state index contributed by atoms with van der Waals surface area (Å²) in [5.74, 6) is 1.30. The molecule has 0 aromatic carbocycles. The second-order valence-corrected chi connectivity index (χ2v) is 14.8. The molecule has 0 radical (unpaired) electrons. The van der Waals surface area contributed by atoms with Crippen molar-refractivity contribution >= 4 is 11.9 Å². The van der Waals surface area contributed by atoms with Gasteiger partial charge in [0.1, 0.15) is 11.2 Å². The molecule has 4 unspecified atom stereocenters. The maximum absolute atomic E-state index is 13.0. The molecular weight excluding hydrogens is 568 g/mol. The Morgan fingerprint density at radius 1 is 0.457 bits per heavy atom. The topological polar surface area (TPSA) is 52.6 Å². The smallest absolute Gasteiger partial charge is 0.306 e. The van der Waals surface area contributed by atoms with Gasteiger partial charge in [-0.3, -0.25) is 9.59 Å². The zero-order chi connectivity index (χ0) is 34.5. The number of hydrogen-bond donors (Lipinski definition) is 0. The second kappa shape index (κ2) is 28.9. The van der Waals surface area contributed by atoms with Gasteiger partial charge in [-0.15, -0.1) is 0 Å². The fraction of sp³-hybridized carbons (Fsp3) is 0.952. The van der Waals surface area contributed by atoms with Crippen LogP contribution in [0.4, 0.5) is 0 Å². The van der Waals surface area contributed by atoms with Crippen LogP contribution in [0.2, 0.25) is 0 Å². The Kier molecular flexibility index (Phi) is 28.2. The highest BCUT2D eigenvalue weighted by atomic mass is 16.6. The Hall–Kier alpha value is -1.06. The number of hydrogen-bond acceptors (Lipinski definition) is 4. The van der Waals surface area contributed by atoms with Crippen molar-refractivity contribution < 1.29 is 19.1 Å². The van der Waals surface area contributed by atoms with Crippen LogP contribution < -0.4 is 0 Å². The largest absolute Gasteiger partial charge is 0.459 e. The third kappa shape index (κ3) is 21.0. The SMILES string of the molecule is CCCCCC(CC)(CC(CC)CCCC)OC(=O)CCCCCCCCC(=O)OC(CC)(CCCCC)CC(CC)CCCC. The summed E-state index contributed by atoms with van der Waals surface area (Å²) in [7, 11) is 0. The van der Waals surface area contributed by atoms with Crippen LogP contribution in [0.5, 0.6) is 0 Å². The Labute approximate surface area is 288 Å². The van der Waals surface area contributed by atoms with Crippen molar-refractivity contribution in [2.75, 3.05) is 0 Å². The van der Waals surface area contributed by atoms with E-state index in [1.54, 1.807) is 0 Å². The van der Waals surface area contributed by atoms with Crippen molar-refractivity contribution in [2.24, 2.45) is 11.8 Å². The van der Waals surface area contributed by atoms with Gasteiger partial charge in [0.2, 0.25) is 0 Å². The van der Waals surface area contributed by atoms with Gasteiger partial charge in [-0.25, -0.2) is 0 Å². The number of ether oxygens (including phenoxy) is 2. The van der Waals surface area contributed by atoms with Crippen LogP contribution in [0.25, 0.3) is 0 Å². The Bertz CT molecular complexity index is 660. The van der Waals surface area contributed by atoms with E-state index in [4.69, 9.17) is 9.47 Å². The lowest BCUT2D eigenvalue weighted by molar-refractivity contribution is -0.165. The molecule has 0 aliphatic carbocycles. The fourth-order valence-electron chi connectivity index (χ4n) is 7.34. The van der Waals surface area contributed by atoms with E-state index in [0.29, 0.717) is 24.7 Å². The average molecular weight is 651 g/mol. The number of carbonyl (C=O) groups excluding carboxylic acids is 2. The third-order valence-electron chi connectivity index (χ3n) is 10.8. The van der Waals surface area contributed by atoms with E-state index in [1.165, 1.54) is 77.0 Å². The number of unbranched alkanes of at least 4 members (excludes halogenated alkanes) is 11. The molecule has 4 nitrogen and oxygen atoms in total. The minimum atomic E-state index is -0.284.